The van der Waals surface area contributed by atoms with Crippen molar-refractivity contribution >= 4 is 52.1 Å². The minimum absolute atomic E-state index is 0.253. The molecule has 1 atom stereocenters. The van der Waals surface area contributed by atoms with Crippen molar-refractivity contribution in [1.29, 1.82) is 0 Å². The number of hydrogen-bond donors (Lipinski definition) is 2. The van der Waals surface area contributed by atoms with Crippen molar-refractivity contribution < 1.29 is 9.53 Å². The van der Waals surface area contributed by atoms with E-state index in [4.69, 9.17) is 40.2 Å². The molecule has 0 saturated heterocycles. The van der Waals surface area contributed by atoms with Gasteiger partial charge in [0, 0.05) is 12.2 Å². The smallest absolute Gasteiger partial charge is 0.255 e. The van der Waals surface area contributed by atoms with Crippen LogP contribution in [0.4, 0.5) is 5.69 Å². The van der Waals surface area contributed by atoms with Gasteiger partial charge in [-0.3, -0.25) is 4.79 Å². The molecule has 1 aliphatic rings. The molecule has 5 nitrogen and oxygen atoms in total. The molecule has 0 fully saturated rings. The molecule has 152 valence electrons. The van der Waals surface area contributed by atoms with Gasteiger partial charge in [0.2, 0.25) is 0 Å². The summed E-state index contributed by atoms with van der Waals surface area (Å²) in [6.07, 6.45) is 0. The van der Waals surface area contributed by atoms with Gasteiger partial charge in [-0.2, -0.15) is 0 Å². The Morgan fingerprint density at radius 2 is 1.97 bits per heavy atom. The standard InChI is InChI=1S/C21H21Cl2N3O2S/c1-4-26-12(2)18(20(27)24-16-7-5-6-8-17(16)28-3)19(25-21(26)29)13-9-10-14(22)15(23)11-13/h5-11,19H,4H2,1-3H3,(H,24,27)(H,25,29)/t19-/m1/s1. The van der Waals surface area contributed by atoms with Gasteiger partial charge in [-0.1, -0.05) is 41.4 Å². The van der Waals surface area contributed by atoms with Gasteiger partial charge in [-0.15, -0.1) is 0 Å². The van der Waals surface area contributed by atoms with E-state index >= 15 is 0 Å². The molecule has 0 bridgehead atoms. The van der Waals surface area contributed by atoms with E-state index in [0.717, 1.165) is 11.3 Å². The number of methoxy groups -OCH3 is 1. The molecule has 0 spiro atoms. The first kappa shape index (κ1) is 21.4. The quantitative estimate of drug-likeness (QED) is 0.616. The summed E-state index contributed by atoms with van der Waals surface area (Å²) < 4.78 is 5.35. The van der Waals surface area contributed by atoms with E-state index in [1.165, 1.54) is 0 Å². The first-order valence-electron chi connectivity index (χ1n) is 9.05. The van der Waals surface area contributed by atoms with Gasteiger partial charge in [0.25, 0.3) is 5.91 Å². The fourth-order valence-electron chi connectivity index (χ4n) is 3.34. The van der Waals surface area contributed by atoms with Gasteiger partial charge in [-0.25, -0.2) is 0 Å². The maximum atomic E-state index is 13.4. The zero-order valence-corrected chi connectivity index (χ0v) is 18.6. The molecule has 2 N–H and O–H groups in total. The highest BCUT2D eigenvalue weighted by atomic mass is 35.5. The molecule has 2 aromatic carbocycles. The van der Waals surface area contributed by atoms with Crippen LogP contribution in [0, 0.1) is 0 Å². The average molecular weight is 450 g/mol. The molecule has 8 heteroatoms. The third kappa shape index (κ3) is 4.34. The fraction of sp³-hybridized carbons (Fsp3) is 0.238. The largest absolute Gasteiger partial charge is 0.495 e. The molecule has 2 aromatic rings. The van der Waals surface area contributed by atoms with Crippen LogP contribution < -0.4 is 15.4 Å². The Bertz CT molecular complexity index is 994. The molecule has 0 aromatic heterocycles. The van der Waals surface area contributed by atoms with Crippen molar-refractivity contribution in [2.45, 2.75) is 19.9 Å². The van der Waals surface area contributed by atoms with E-state index in [0.29, 0.717) is 38.7 Å². The van der Waals surface area contributed by atoms with Crippen LogP contribution in [0.25, 0.3) is 0 Å². The van der Waals surface area contributed by atoms with Crippen molar-refractivity contribution in [3.05, 3.63) is 69.3 Å². The molecule has 1 heterocycles. The summed E-state index contributed by atoms with van der Waals surface area (Å²) in [4.78, 5) is 15.2. The van der Waals surface area contributed by atoms with Crippen LogP contribution in [-0.4, -0.2) is 29.6 Å². The molecule has 29 heavy (non-hydrogen) atoms. The third-order valence-corrected chi connectivity index (χ3v) is 5.87. The summed E-state index contributed by atoms with van der Waals surface area (Å²) in [7, 11) is 1.56. The number of ether oxygens (including phenoxy) is 1. The van der Waals surface area contributed by atoms with E-state index in [1.54, 1.807) is 31.4 Å². The lowest BCUT2D eigenvalue weighted by Crippen LogP contribution is -2.48. The Kier molecular flexibility index (Phi) is 6.67. The molecule has 0 aliphatic carbocycles. The maximum absolute atomic E-state index is 13.4. The number of halogens is 2. The summed E-state index contributed by atoms with van der Waals surface area (Å²) >= 11 is 17.8. The number of para-hydroxylation sites is 2. The van der Waals surface area contributed by atoms with E-state index < -0.39 is 6.04 Å². The number of carbonyl (C=O) groups excluding carboxylic acids is 1. The number of nitrogens with one attached hydrogen (secondary N) is 2. The zero-order chi connectivity index (χ0) is 21.1. The number of allylic oxidation sites excluding steroid dienone is 1. The predicted octanol–water partition coefficient (Wildman–Crippen LogP) is 5.17. The molecular formula is C21H21Cl2N3O2S. The first-order chi connectivity index (χ1) is 13.9. The number of nitrogens with zero attached hydrogens (tertiary/aromatic N) is 1. The minimum Gasteiger partial charge on any atom is -0.495 e. The lowest BCUT2D eigenvalue weighted by atomic mass is 9.94. The molecule has 0 unspecified atom stereocenters. The summed E-state index contributed by atoms with van der Waals surface area (Å²) in [6, 6.07) is 12.1. The lowest BCUT2D eigenvalue weighted by molar-refractivity contribution is -0.113. The van der Waals surface area contributed by atoms with Crippen LogP contribution in [0.15, 0.2) is 53.7 Å². The number of thiocarbonyl (C=S) groups is 1. The SMILES string of the molecule is CCN1C(=S)N[C@H](c2ccc(Cl)c(Cl)c2)C(C(=O)Nc2ccccc2OC)=C1C. The van der Waals surface area contributed by atoms with Crippen molar-refractivity contribution in [1.82, 2.24) is 10.2 Å². The van der Waals surface area contributed by atoms with Gasteiger partial charge in [0.15, 0.2) is 5.11 Å². The van der Waals surface area contributed by atoms with Crippen molar-refractivity contribution in [3.8, 4) is 5.75 Å². The molecule has 1 aliphatic heterocycles. The number of amides is 1. The molecule has 0 radical (unpaired) electrons. The summed E-state index contributed by atoms with van der Waals surface area (Å²) in [5, 5.41) is 7.63. The van der Waals surface area contributed by atoms with Crippen molar-refractivity contribution in [3.63, 3.8) is 0 Å². The topological polar surface area (TPSA) is 53.6 Å². The Balaban J connectivity index is 2.05. The molecular weight excluding hydrogens is 429 g/mol. The number of hydrogen-bond acceptors (Lipinski definition) is 3. The average Bonchev–Trinajstić information content (AvgIpc) is 2.70. The Morgan fingerprint density at radius 1 is 1.24 bits per heavy atom. The van der Waals surface area contributed by atoms with Gasteiger partial charge < -0.3 is 20.3 Å². The highest BCUT2D eigenvalue weighted by molar-refractivity contribution is 7.80. The van der Waals surface area contributed by atoms with Crippen LogP contribution in [0.5, 0.6) is 5.75 Å². The second-order valence-corrected chi connectivity index (χ2v) is 7.65. The predicted molar refractivity (Wildman–Crippen MR) is 122 cm³/mol. The maximum Gasteiger partial charge on any atom is 0.255 e. The summed E-state index contributed by atoms with van der Waals surface area (Å²) in [6.45, 7) is 4.50. The second-order valence-electron chi connectivity index (χ2n) is 6.45. The first-order valence-corrected chi connectivity index (χ1v) is 10.2. The molecule has 3 rings (SSSR count). The Morgan fingerprint density at radius 3 is 2.62 bits per heavy atom. The Labute approximate surface area is 185 Å². The van der Waals surface area contributed by atoms with Gasteiger partial charge in [-0.05, 0) is 55.9 Å². The number of rotatable bonds is 5. The van der Waals surface area contributed by atoms with Crippen molar-refractivity contribution in [2.75, 3.05) is 19.0 Å². The van der Waals surface area contributed by atoms with Gasteiger partial charge in [0.1, 0.15) is 5.75 Å². The van der Waals surface area contributed by atoms with E-state index in [9.17, 15) is 4.79 Å². The number of anilines is 1. The van der Waals surface area contributed by atoms with Gasteiger partial charge in [0.05, 0.1) is 34.5 Å². The Hall–Kier alpha value is -2.28. The highest BCUT2D eigenvalue weighted by Gasteiger charge is 2.33. The van der Waals surface area contributed by atoms with E-state index in [2.05, 4.69) is 10.6 Å². The fourth-order valence-corrected chi connectivity index (χ4v) is 4.03. The molecule has 1 amide bonds. The second kappa shape index (κ2) is 9.03. The van der Waals surface area contributed by atoms with E-state index in [1.807, 2.05) is 36.9 Å². The minimum atomic E-state index is -0.463. The van der Waals surface area contributed by atoms with Crippen molar-refractivity contribution in [2.24, 2.45) is 0 Å². The van der Waals surface area contributed by atoms with Crippen LogP contribution in [0.3, 0.4) is 0 Å². The highest BCUT2D eigenvalue weighted by Crippen LogP contribution is 2.35. The summed E-state index contributed by atoms with van der Waals surface area (Å²) in [5.41, 5.74) is 2.70. The monoisotopic (exact) mass is 449 g/mol. The van der Waals surface area contributed by atoms with Crippen LogP contribution in [-0.2, 0) is 4.79 Å². The van der Waals surface area contributed by atoms with Gasteiger partial charge >= 0.3 is 0 Å². The summed E-state index contributed by atoms with van der Waals surface area (Å²) in [5.74, 6) is 0.327. The van der Waals surface area contributed by atoms with E-state index in [-0.39, 0.29) is 5.91 Å². The normalized spacial score (nSPS) is 16.5. The number of benzene rings is 2. The lowest BCUT2D eigenvalue weighted by Gasteiger charge is -2.37. The third-order valence-electron chi connectivity index (χ3n) is 4.79. The van der Waals surface area contributed by atoms with Crippen LogP contribution >= 0.6 is 35.4 Å². The number of carbonyl (C=O) groups is 1. The molecule has 0 saturated carbocycles. The van der Waals surface area contributed by atoms with Crippen LogP contribution in [0.2, 0.25) is 10.0 Å². The zero-order valence-electron chi connectivity index (χ0n) is 16.3. The van der Waals surface area contributed by atoms with Crippen LogP contribution in [0.1, 0.15) is 25.5 Å².